The molecule has 0 aliphatic carbocycles. The van der Waals surface area contributed by atoms with Gasteiger partial charge in [0, 0.05) is 12.2 Å². The molecule has 0 amide bonds. The van der Waals surface area contributed by atoms with Crippen LogP contribution in [-0.4, -0.2) is 25.2 Å². The Morgan fingerprint density at radius 1 is 0.500 bits per heavy atom. The number of rotatable bonds is 23. The molecule has 0 rings (SSSR count). The van der Waals surface area contributed by atoms with Crippen LogP contribution >= 0.6 is 0 Å². The minimum atomic E-state index is -0.487. The highest BCUT2D eigenvalue weighted by Crippen LogP contribution is 2.12. The van der Waals surface area contributed by atoms with Gasteiger partial charge in [0.05, 0.1) is 13.2 Å². The van der Waals surface area contributed by atoms with Gasteiger partial charge in [-0.2, -0.15) is 0 Å². The van der Waals surface area contributed by atoms with Crippen molar-refractivity contribution in [1.82, 2.24) is 0 Å². The third-order valence-corrected chi connectivity index (χ3v) is 5.50. The third-order valence-electron chi connectivity index (χ3n) is 5.50. The molecule has 0 unspecified atom stereocenters. The molecule has 0 saturated heterocycles. The first-order valence-corrected chi connectivity index (χ1v) is 13.4. The van der Waals surface area contributed by atoms with E-state index in [-0.39, 0.29) is 0 Å². The summed E-state index contributed by atoms with van der Waals surface area (Å²) in [6.45, 7) is 5.24. The van der Waals surface area contributed by atoms with Crippen molar-refractivity contribution in [3.63, 3.8) is 0 Å². The fraction of sp³-hybridized carbons (Fsp3) is 0.786. The SMILES string of the molecule is CCCCC/C=C/CCCOC(=O)/C=C/C(=O)OCCCCCCCCCCCCCC. The molecule has 0 aliphatic rings. The maximum absolute atomic E-state index is 11.6. The smallest absolute Gasteiger partial charge is 0.331 e. The molecule has 0 aromatic rings. The summed E-state index contributed by atoms with van der Waals surface area (Å²) in [4.78, 5) is 23.3. The van der Waals surface area contributed by atoms with E-state index in [1.165, 1.54) is 83.5 Å². The van der Waals surface area contributed by atoms with E-state index in [0.717, 1.165) is 44.3 Å². The van der Waals surface area contributed by atoms with Crippen molar-refractivity contribution in [1.29, 1.82) is 0 Å². The zero-order chi connectivity index (χ0) is 23.5. The first-order chi connectivity index (χ1) is 15.7. The molecule has 32 heavy (non-hydrogen) atoms. The lowest BCUT2D eigenvalue weighted by Gasteiger charge is -2.04. The molecular weight excluding hydrogens is 400 g/mol. The van der Waals surface area contributed by atoms with Crippen LogP contribution in [0.5, 0.6) is 0 Å². The van der Waals surface area contributed by atoms with Gasteiger partial charge in [-0.1, -0.05) is 109 Å². The number of carbonyl (C=O) groups excluding carboxylic acids is 2. The van der Waals surface area contributed by atoms with Crippen molar-refractivity contribution in [2.75, 3.05) is 13.2 Å². The molecule has 0 N–H and O–H groups in total. The maximum Gasteiger partial charge on any atom is 0.331 e. The van der Waals surface area contributed by atoms with Gasteiger partial charge < -0.3 is 9.47 Å². The van der Waals surface area contributed by atoms with Crippen LogP contribution in [0.3, 0.4) is 0 Å². The Hall–Kier alpha value is -1.58. The molecule has 0 aliphatic heterocycles. The number of ether oxygens (including phenoxy) is 2. The summed E-state index contributed by atoms with van der Waals surface area (Å²) in [5.74, 6) is -0.959. The average Bonchev–Trinajstić information content (AvgIpc) is 2.79. The van der Waals surface area contributed by atoms with E-state index in [0.29, 0.717) is 13.2 Å². The summed E-state index contributed by atoms with van der Waals surface area (Å²) in [6.07, 6.45) is 28.6. The van der Waals surface area contributed by atoms with Crippen LogP contribution < -0.4 is 0 Å². The Labute approximate surface area is 198 Å². The molecule has 0 heterocycles. The van der Waals surface area contributed by atoms with Crippen molar-refractivity contribution >= 4 is 11.9 Å². The number of unbranched alkanes of at least 4 members (excludes halogenated alkanes) is 15. The van der Waals surface area contributed by atoms with Gasteiger partial charge in [0.25, 0.3) is 0 Å². The Morgan fingerprint density at radius 2 is 0.875 bits per heavy atom. The summed E-state index contributed by atoms with van der Waals surface area (Å²) in [6, 6.07) is 0. The zero-order valence-corrected chi connectivity index (χ0v) is 21.1. The fourth-order valence-corrected chi connectivity index (χ4v) is 3.47. The second-order valence-electron chi connectivity index (χ2n) is 8.67. The van der Waals surface area contributed by atoms with Crippen LogP contribution in [0.15, 0.2) is 24.3 Å². The van der Waals surface area contributed by atoms with Crippen molar-refractivity contribution in [3.05, 3.63) is 24.3 Å². The Kier molecular flexibility index (Phi) is 24.4. The highest BCUT2D eigenvalue weighted by atomic mass is 16.5. The highest BCUT2D eigenvalue weighted by molar-refractivity contribution is 5.91. The second-order valence-corrected chi connectivity index (χ2v) is 8.67. The first kappa shape index (κ1) is 30.4. The van der Waals surface area contributed by atoms with Gasteiger partial charge in [-0.05, 0) is 32.1 Å². The molecule has 4 nitrogen and oxygen atoms in total. The van der Waals surface area contributed by atoms with Gasteiger partial charge in [-0.15, -0.1) is 0 Å². The number of carbonyl (C=O) groups is 2. The van der Waals surface area contributed by atoms with Crippen LogP contribution in [0.4, 0.5) is 0 Å². The van der Waals surface area contributed by atoms with E-state index in [1.807, 2.05) is 0 Å². The van der Waals surface area contributed by atoms with E-state index in [9.17, 15) is 9.59 Å². The standard InChI is InChI=1S/C28H50O4/c1-3-5-7-9-11-13-14-15-16-18-20-22-26-32-28(30)24-23-27(29)31-25-21-19-17-12-10-8-6-4-2/h12,17,23-24H,3-11,13-16,18-22,25-26H2,1-2H3/b17-12+,24-23+. The number of hydrogen-bond donors (Lipinski definition) is 0. The molecule has 0 aromatic carbocycles. The lowest BCUT2D eigenvalue weighted by molar-refractivity contribution is -0.140. The molecule has 0 radical (unpaired) electrons. The molecular formula is C28H50O4. The van der Waals surface area contributed by atoms with E-state index < -0.39 is 11.9 Å². The van der Waals surface area contributed by atoms with Crippen molar-refractivity contribution < 1.29 is 19.1 Å². The summed E-state index contributed by atoms with van der Waals surface area (Å²) in [5.41, 5.74) is 0. The molecule has 0 spiro atoms. The zero-order valence-electron chi connectivity index (χ0n) is 21.1. The van der Waals surface area contributed by atoms with Crippen molar-refractivity contribution in [3.8, 4) is 0 Å². The van der Waals surface area contributed by atoms with E-state index in [4.69, 9.17) is 9.47 Å². The molecule has 4 heteroatoms. The summed E-state index contributed by atoms with van der Waals surface area (Å²) >= 11 is 0. The van der Waals surface area contributed by atoms with Gasteiger partial charge in [0.1, 0.15) is 0 Å². The predicted octanol–water partition coefficient (Wildman–Crippen LogP) is 8.25. The van der Waals surface area contributed by atoms with Crippen LogP contribution in [0, 0.1) is 0 Å². The number of allylic oxidation sites excluding steroid dienone is 2. The van der Waals surface area contributed by atoms with Gasteiger partial charge >= 0.3 is 11.9 Å². The first-order valence-electron chi connectivity index (χ1n) is 13.4. The Bertz CT molecular complexity index is 482. The highest BCUT2D eigenvalue weighted by Gasteiger charge is 2.01. The lowest BCUT2D eigenvalue weighted by Crippen LogP contribution is -2.06. The van der Waals surface area contributed by atoms with E-state index >= 15 is 0 Å². The van der Waals surface area contributed by atoms with Gasteiger partial charge in [-0.3, -0.25) is 0 Å². The van der Waals surface area contributed by atoms with Crippen LogP contribution in [0.25, 0.3) is 0 Å². The van der Waals surface area contributed by atoms with Crippen LogP contribution in [0.1, 0.15) is 129 Å². The van der Waals surface area contributed by atoms with Crippen molar-refractivity contribution in [2.24, 2.45) is 0 Å². The molecule has 0 saturated carbocycles. The quantitative estimate of drug-likeness (QED) is 0.0680. The Morgan fingerprint density at radius 3 is 1.38 bits per heavy atom. The van der Waals surface area contributed by atoms with E-state index in [2.05, 4.69) is 26.0 Å². The topological polar surface area (TPSA) is 52.6 Å². The van der Waals surface area contributed by atoms with Crippen LogP contribution in [0.2, 0.25) is 0 Å². The number of esters is 2. The van der Waals surface area contributed by atoms with Crippen molar-refractivity contribution in [2.45, 2.75) is 129 Å². The monoisotopic (exact) mass is 450 g/mol. The number of hydrogen-bond acceptors (Lipinski definition) is 4. The van der Waals surface area contributed by atoms with E-state index in [1.54, 1.807) is 0 Å². The predicted molar refractivity (Wildman–Crippen MR) is 135 cm³/mol. The minimum Gasteiger partial charge on any atom is -0.463 e. The molecule has 186 valence electrons. The van der Waals surface area contributed by atoms with Gasteiger partial charge in [0.15, 0.2) is 0 Å². The van der Waals surface area contributed by atoms with Crippen LogP contribution in [-0.2, 0) is 19.1 Å². The lowest BCUT2D eigenvalue weighted by atomic mass is 10.1. The molecule has 0 bridgehead atoms. The molecule has 0 aromatic heterocycles. The second kappa shape index (κ2) is 25.7. The maximum atomic E-state index is 11.6. The minimum absolute atomic E-state index is 0.371. The summed E-state index contributed by atoms with van der Waals surface area (Å²) in [5, 5.41) is 0. The Balaban J connectivity index is 3.43. The van der Waals surface area contributed by atoms with Gasteiger partial charge in [-0.25, -0.2) is 9.59 Å². The fourth-order valence-electron chi connectivity index (χ4n) is 3.47. The summed E-state index contributed by atoms with van der Waals surface area (Å²) in [7, 11) is 0. The normalized spacial score (nSPS) is 11.4. The third kappa shape index (κ3) is 24.7. The van der Waals surface area contributed by atoms with Gasteiger partial charge in [0.2, 0.25) is 0 Å². The summed E-state index contributed by atoms with van der Waals surface area (Å²) < 4.78 is 10.2. The largest absolute Gasteiger partial charge is 0.463 e. The average molecular weight is 451 g/mol. The molecule has 0 fully saturated rings. The molecule has 0 atom stereocenters.